The van der Waals surface area contributed by atoms with Gasteiger partial charge < -0.3 is 15.5 Å². The Morgan fingerprint density at radius 1 is 1.33 bits per heavy atom. The molecule has 0 radical (unpaired) electrons. The standard InChI is InChI=1S/C15H17ClF3N3O2/c16-12-5-4-10(9-11(12)15(17,18)19)21-14(24)20-6-2-8-22-7-1-3-13(22)23/h4-5,9H,1-3,6-8H2,(H2,20,21,24). The molecule has 132 valence electrons. The predicted octanol–water partition coefficient (Wildman–Crippen LogP) is 3.49. The Labute approximate surface area is 142 Å². The first-order valence-electron chi connectivity index (χ1n) is 7.47. The highest BCUT2D eigenvalue weighted by atomic mass is 35.5. The number of carbonyl (C=O) groups is 2. The fourth-order valence-electron chi connectivity index (χ4n) is 2.41. The third-order valence-corrected chi connectivity index (χ3v) is 3.92. The van der Waals surface area contributed by atoms with Crippen molar-refractivity contribution in [1.82, 2.24) is 10.2 Å². The molecule has 0 aliphatic carbocycles. The Kier molecular flexibility index (Phi) is 5.93. The third-order valence-electron chi connectivity index (χ3n) is 3.59. The summed E-state index contributed by atoms with van der Waals surface area (Å²) in [5, 5.41) is 4.44. The van der Waals surface area contributed by atoms with Gasteiger partial charge in [-0.25, -0.2) is 4.79 Å². The molecule has 0 bridgehead atoms. The second kappa shape index (κ2) is 7.74. The summed E-state index contributed by atoms with van der Waals surface area (Å²) in [6.07, 6.45) is -2.60. The molecule has 0 aromatic heterocycles. The van der Waals surface area contributed by atoms with Gasteiger partial charge in [0, 0.05) is 31.7 Å². The van der Waals surface area contributed by atoms with E-state index >= 15 is 0 Å². The fraction of sp³-hybridized carbons (Fsp3) is 0.467. The van der Waals surface area contributed by atoms with Crippen molar-refractivity contribution in [2.75, 3.05) is 25.0 Å². The second-order valence-electron chi connectivity index (χ2n) is 5.41. The topological polar surface area (TPSA) is 61.4 Å². The molecule has 1 aliphatic rings. The number of urea groups is 1. The molecule has 1 fully saturated rings. The van der Waals surface area contributed by atoms with Crippen LogP contribution in [-0.2, 0) is 11.0 Å². The molecule has 1 saturated heterocycles. The molecule has 0 saturated carbocycles. The van der Waals surface area contributed by atoms with E-state index in [1.165, 1.54) is 6.07 Å². The molecule has 2 N–H and O–H groups in total. The number of rotatable bonds is 5. The number of hydrogen-bond donors (Lipinski definition) is 2. The summed E-state index contributed by atoms with van der Waals surface area (Å²) in [6, 6.07) is 2.54. The van der Waals surface area contributed by atoms with Crippen molar-refractivity contribution < 1.29 is 22.8 Å². The number of anilines is 1. The molecule has 5 nitrogen and oxygen atoms in total. The van der Waals surface area contributed by atoms with Crippen molar-refractivity contribution in [3.05, 3.63) is 28.8 Å². The molecular weight excluding hydrogens is 347 g/mol. The summed E-state index contributed by atoms with van der Waals surface area (Å²) in [5.74, 6) is 0.111. The summed E-state index contributed by atoms with van der Waals surface area (Å²) in [4.78, 5) is 24.8. The van der Waals surface area contributed by atoms with E-state index in [2.05, 4.69) is 10.6 Å². The van der Waals surface area contributed by atoms with E-state index in [1.54, 1.807) is 4.90 Å². The zero-order chi connectivity index (χ0) is 17.7. The van der Waals surface area contributed by atoms with Crippen molar-refractivity contribution in [3.63, 3.8) is 0 Å². The molecule has 3 amide bonds. The van der Waals surface area contributed by atoms with Crippen molar-refractivity contribution in [3.8, 4) is 0 Å². The van der Waals surface area contributed by atoms with Crippen LogP contribution >= 0.6 is 11.6 Å². The number of alkyl halides is 3. The molecule has 24 heavy (non-hydrogen) atoms. The van der Waals surface area contributed by atoms with Gasteiger partial charge in [-0.15, -0.1) is 0 Å². The number of likely N-dealkylation sites (tertiary alicyclic amines) is 1. The highest BCUT2D eigenvalue weighted by Crippen LogP contribution is 2.36. The molecule has 0 unspecified atom stereocenters. The van der Waals surface area contributed by atoms with E-state index in [0.29, 0.717) is 25.9 Å². The van der Waals surface area contributed by atoms with E-state index < -0.39 is 22.8 Å². The van der Waals surface area contributed by atoms with E-state index in [9.17, 15) is 22.8 Å². The Morgan fingerprint density at radius 3 is 2.71 bits per heavy atom. The first-order chi connectivity index (χ1) is 11.3. The molecular formula is C15H17ClF3N3O2. The predicted molar refractivity (Wildman–Crippen MR) is 83.9 cm³/mol. The zero-order valence-corrected chi connectivity index (χ0v) is 13.5. The number of benzene rings is 1. The Bertz CT molecular complexity index is 622. The Morgan fingerprint density at radius 2 is 2.08 bits per heavy atom. The molecule has 1 heterocycles. The van der Waals surface area contributed by atoms with Gasteiger partial charge in [-0.05, 0) is 31.0 Å². The molecule has 9 heteroatoms. The summed E-state index contributed by atoms with van der Waals surface area (Å²) in [6.45, 7) is 1.60. The maximum atomic E-state index is 12.7. The molecule has 0 atom stereocenters. The molecule has 1 aliphatic heterocycles. The lowest BCUT2D eigenvalue weighted by atomic mass is 10.2. The van der Waals surface area contributed by atoms with Gasteiger partial charge in [-0.1, -0.05) is 11.6 Å². The van der Waals surface area contributed by atoms with Gasteiger partial charge in [-0.3, -0.25) is 4.79 Å². The van der Waals surface area contributed by atoms with Gasteiger partial charge in [0.1, 0.15) is 0 Å². The number of nitrogens with zero attached hydrogens (tertiary/aromatic N) is 1. The van der Waals surface area contributed by atoms with Crippen LogP contribution in [0.3, 0.4) is 0 Å². The normalized spacial score (nSPS) is 14.8. The molecule has 1 aromatic carbocycles. The third kappa shape index (κ3) is 5.02. The van der Waals surface area contributed by atoms with Crippen LogP contribution in [0.5, 0.6) is 0 Å². The van der Waals surface area contributed by atoms with E-state index in [1.807, 2.05) is 0 Å². The van der Waals surface area contributed by atoms with Crippen LogP contribution in [0.25, 0.3) is 0 Å². The van der Waals surface area contributed by atoms with Gasteiger partial charge in [0.15, 0.2) is 0 Å². The summed E-state index contributed by atoms with van der Waals surface area (Å²) < 4.78 is 38.2. The lowest BCUT2D eigenvalue weighted by Crippen LogP contribution is -2.33. The maximum Gasteiger partial charge on any atom is 0.417 e. The quantitative estimate of drug-likeness (QED) is 0.787. The van der Waals surface area contributed by atoms with Crippen LogP contribution in [0.2, 0.25) is 5.02 Å². The number of nitrogens with one attached hydrogen (secondary N) is 2. The smallest absolute Gasteiger partial charge is 0.343 e. The van der Waals surface area contributed by atoms with Gasteiger partial charge in [0.25, 0.3) is 0 Å². The highest BCUT2D eigenvalue weighted by Gasteiger charge is 2.33. The van der Waals surface area contributed by atoms with Crippen molar-refractivity contribution in [2.24, 2.45) is 0 Å². The van der Waals surface area contributed by atoms with Gasteiger partial charge in [0.2, 0.25) is 5.91 Å². The van der Waals surface area contributed by atoms with Crippen molar-refractivity contribution >= 4 is 29.2 Å². The number of halogens is 4. The Hall–Kier alpha value is -1.96. The van der Waals surface area contributed by atoms with Crippen molar-refractivity contribution in [2.45, 2.75) is 25.4 Å². The van der Waals surface area contributed by atoms with E-state index in [0.717, 1.165) is 25.1 Å². The molecule has 1 aromatic rings. The summed E-state index contributed by atoms with van der Waals surface area (Å²) in [7, 11) is 0. The SMILES string of the molecule is O=C(NCCCN1CCCC1=O)Nc1ccc(Cl)c(C(F)(F)F)c1. The van der Waals surface area contributed by atoms with Crippen LogP contribution < -0.4 is 10.6 Å². The summed E-state index contributed by atoms with van der Waals surface area (Å²) in [5.41, 5.74) is -1.01. The number of amides is 3. The number of hydrogen-bond acceptors (Lipinski definition) is 2. The highest BCUT2D eigenvalue weighted by molar-refractivity contribution is 6.31. The van der Waals surface area contributed by atoms with Crippen LogP contribution in [-0.4, -0.2) is 36.5 Å². The van der Waals surface area contributed by atoms with E-state index in [-0.39, 0.29) is 11.6 Å². The largest absolute Gasteiger partial charge is 0.417 e. The first kappa shape index (κ1) is 18.4. The minimum absolute atomic E-state index is 0.000976. The molecule has 0 spiro atoms. The lowest BCUT2D eigenvalue weighted by molar-refractivity contribution is -0.137. The maximum absolute atomic E-state index is 12.7. The zero-order valence-electron chi connectivity index (χ0n) is 12.8. The van der Waals surface area contributed by atoms with Crippen LogP contribution in [0.4, 0.5) is 23.7 Å². The monoisotopic (exact) mass is 363 g/mol. The number of carbonyl (C=O) groups excluding carboxylic acids is 2. The van der Waals surface area contributed by atoms with Crippen LogP contribution in [0, 0.1) is 0 Å². The minimum Gasteiger partial charge on any atom is -0.343 e. The molecule has 2 rings (SSSR count). The van der Waals surface area contributed by atoms with Gasteiger partial charge >= 0.3 is 12.2 Å². The van der Waals surface area contributed by atoms with Gasteiger partial charge in [0.05, 0.1) is 10.6 Å². The summed E-state index contributed by atoms with van der Waals surface area (Å²) >= 11 is 5.51. The van der Waals surface area contributed by atoms with Gasteiger partial charge in [-0.2, -0.15) is 13.2 Å². The fourth-order valence-corrected chi connectivity index (χ4v) is 2.63. The van der Waals surface area contributed by atoms with E-state index in [4.69, 9.17) is 11.6 Å². The van der Waals surface area contributed by atoms with Crippen LogP contribution in [0.15, 0.2) is 18.2 Å². The second-order valence-corrected chi connectivity index (χ2v) is 5.82. The van der Waals surface area contributed by atoms with Crippen LogP contribution in [0.1, 0.15) is 24.8 Å². The van der Waals surface area contributed by atoms with Crippen molar-refractivity contribution in [1.29, 1.82) is 0 Å². The average Bonchev–Trinajstić information content (AvgIpc) is 2.90. The Balaban J connectivity index is 1.79. The average molecular weight is 364 g/mol. The first-order valence-corrected chi connectivity index (χ1v) is 7.84. The lowest BCUT2D eigenvalue weighted by Gasteiger charge is -2.15. The minimum atomic E-state index is -4.59.